The van der Waals surface area contributed by atoms with Crippen LogP contribution in [-0.2, 0) is 0 Å². The zero-order chi connectivity index (χ0) is 16.2. The van der Waals surface area contributed by atoms with Crippen LogP contribution in [-0.4, -0.2) is 42.9 Å². The van der Waals surface area contributed by atoms with Gasteiger partial charge in [0.2, 0.25) is 0 Å². The summed E-state index contributed by atoms with van der Waals surface area (Å²) in [5.74, 6) is -0.407. The molecule has 1 aromatic carbocycles. The molecule has 0 saturated carbocycles. The fourth-order valence-corrected chi connectivity index (χ4v) is 2.33. The monoisotopic (exact) mass is 313 g/mol. The van der Waals surface area contributed by atoms with Crippen molar-refractivity contribution in [2.45, 2.75) is 13.8 Å². The van der Waals surface area contributed by atoms with Gasteiger partial charge in [-0.25, -0.2) is 0 Å². The van der Waals surface area contributed by atoms with Crippen LogP contribution in [0.15, 0.2) is 18.2 Å². The second-order valence-electron chi connectivity index (χ2n) is 6.01. The summed E-state index contributed by atoms with van der Waals surface area (Å²) in [6.07, 6.45) is 0. The highest BCUT2D eigenvalue weighted by molar-refractivity contribution is 6.33. The number of amides is 1. The van der Waals surface area contributed by atoms with Gasteiger partial charge in [-0.05, 0) is 25.6 Å². The van der Waals surface area contributed by atoms with Gasteiger partial charge in [0.15, 0.2) is 0 Å². The minimum atomic E-state index is -0.552. The number of hydrogen-bond donors (Lipinski definition) is 1. The van der Waals surface area contributed by atoms with Gasteiger partial charge in [-0.2, -0.15) is 0 Å². The van der Waals surface area contributed by atoms with Gasteiger partial charge >= 0.3 is 0 Å². The van der Waals surface area contributed by atoms with Crippen molar-refractivity contribution in [1.82, 2.24) is 10.2 Å². The number of nitro groups is 1. The lowest BCUT2D eigenvalue weighted by atomic mass is 9.93. The average Bonchev–Trinajstić information content (AvgIpc) is 2.34. The smallest absolute Gasteiger partial charge is 0.270 e. The normalized spacial score (nSPS) is 11.5. The zero-order valence-corrected chi connectivity index (χ0v) is 13.4. The molecule has 0 aromatic heterocycles. The third-order valence-corrected chi connectivity index (χ3v) is 3.21. The number of rotatable bonds is 6. The predicted octanol–water partition coefficient (Wildman–Crippen LogP) is 2.57. The highest BCUT2D eigenvalue weighted by atomic mass is 35.5. The molecule has 1 rings (SSSR count). The van der Waals surface area contributed by atoms with E-state index in [1.165, 1.54) is 18.2 Å². The first kappa shape index (κ1) is 17.4. The fourth-order valence-electron chi connectivity index (χ4n) is 2.13. The van der Waals surface area contributed by atoms with Gasteiger partial charge in [-0.15, -0.1) is 0 Å². The minimum Gasteiger partial charge on any atom is -0.351 e. The van der Waals surface area contributed by atoms with Gasteiger partial charge in [-0.1, -0.05) is 25.4 Å². The molecular weight excluding hydrogens is 294 g/mol. The SMILES string of the molecule is CN(C)CC(C)(C)CNC(=O)c1cc([N+](=O)[O-])ccc1Cl. The number of carbonyl (C=O) groups excluding carboxylic acids is 1. The molecule has 0 fully saturated rings. The quantitative estimate of drug-likeness (QED) is 0.647. The third kappa shape index (κ3) is 5.32. The summed E-state index contributed by atoms with van der Waals surface area (Å²) in [6, 6.07) is 3.82. The van der Waals surface area contributed by atoms with Crippen LogP contribution in [0.4, 0.5) is 5.69 Å². The molecule has 0 spiro atoms. The lowest BCUT2D eigenvalue weighted by Crippen LogP contribution is -2.40. The fraction of sp³-hybridized carbons (Fsp3) is 0.500. The number of carbonyl (C=O) groups is 1. The van der Waals surface area contributed by atoms with Crippen molar-refractivity contribution < 1.29 is 9.72 Å². The van der Waals surface area contributed by atoms with Crippen molar-refractivity contribution in [1.29, 1.82) is 0 Å². The lowest BCUT2D eigenvalue weighted by Gasteiger charge is -2.28. The first-order valence-corrected chi connectivity index (χ1v) is 6.87. The second-order valence-corrected chi connectivity index (χ2v) is 6.41. The Balaban J connectivity index is 2.80. The highest BCUT2D eigenvalue weighted by Crippen LogP contribution is 2.22. The maximum absolute atomic E-state index is 12.1. The molecule has 0 aliphatic heterocycles. The second kappa shape index (κ2) is 6.87. The molecule has 0 atom stereocenters. The van der Waals surface area contributed by atoms with Crippen molar-refractivity contribution >= 4 is 23.2 Å². The minimum absolute atomic E-state index is 0.117. The Bertz CT molecular complexity index is 544. The standard InChI is InChI=1S/C14H20ClN3O3/c1-14(2,9-17(3)4)8-16-13(19)11-7-10(18(20)21)5-6-12(11)15/h5-7H,8-9H2,1-4H3,(H,16,19). The molecular formula is C14H20ClN3O3. The summed E-state index contributed by atoms with van der Waals surface area (Å²) in [7, 11) is 3.92. The number of halogens is 1. The molecule has 0 aliphatic rings. The molecule has 1 amide bonds. The van der Waals surface area contributed by atoms with Crippen LogP contribution in [0.3, 0.4) is 0 Å². The van der Waals surface area contributed by atoms with Gasteiger partial charge in [0.1, 0.15) is 0 Å². The zero-order valence-electron chi connectivity index (χ0n) is 12.6. The van der Waals surface area contributed by atoms with E-state index in [2.05, 4.69) is 5.32 Å². The number of nitrogens with one attached hydrogen (secondary N) is 1. The van der Waals surface area contributed by atoms with E-state index in [0.29, 0.717) is 6.54 Å². The molecule has 0 aliphatic carbocycles. The van der Waals surface area contributed by atoms with Gasteiger partial charge in [-0.3, -0.25) is 14.9 Å². The number of hydrogen-bond acceptors (Lipinski definition) is 4. The number of benzene rings is 1. The van der Waals surface area contributed by atoms with Crippen LogP contribution >= 0.6 is 11.6 Å². The van der Waals surface area contributed by atoms with Crippen LogP contribution in [0.5, 0.6) is 0 Å². The Hall–Kier alpha value is -1.66. The number of nitro benzene ring substituents is 1. The van der Waals surface area contributed by atoms with Crippen molar-refractivity contribution in [2.75, 3.05) is 27.2 Å². The van der Waals surface area contributed by atoms with E-state index in [1.54, 1.807) is 0 Å². The van der Waals surface area contributed by atoms with Crippen LogP contribution in [0.2, 0.25) is 5.02 Å². The molecule has 6 nitrogen and oxygen atoms in total. The molecule has 0 unspecified atom stereocenters. The lowest BCUT2D eigenvalue weighted by molar-refractivity contribution is -0.384. The maximum Gasteiger partial charge on any atom is 0.270 e. The molecule has 21 heavy (non-hydrogen) atoms. The van der Waals surface area contributed by atoms with E-state index < -0.39 is 10.8 Å². The van der Waals surface area contributed by atoms with E-state index in [9.17, 15) is 14.9 Å². The average molecular weight is 314 g/mol. The highest BCUT2D eigenvalue weighted by Gasteiger charge is 2.22. The summed E-state index contributed by atoms with van der Waals surface area (Å²) in [5.41, 5.74) is -0.157. The van der Waals surface area contributed by atoms with Crippen molar-refractivity contribution in [2.24, 2.45) is 5.41 Å². The summed E-state index contributed by atoms with van der Waals surface area (Å²) in [4.78, 5) is 24.4. The maximum atomic E-state index is 12.1. The molecule has 0 bridgehead atoms. The predicted molar refractivity (Wildman–Crippen MR) is 82.8 cm³/mol. The molecule has 0 saturated heterocycles. The molecule has 0 heterocycles. The van der Waals surface area contributed by atoms with Crippen LogP contribution < -0.4 is 5.32 Å². The van der Waals surface area contributed by atoms with Gasteiger partial charge in [0.25, 0.3) is 11.6 Å². The summed E-state index contributed by atoms with van der Waals surface area (Å²) in [6.45, 7) is 5.31. The molecule has 1 N–H and O–H groups in total. The van der Waals surface area contributed by atoms with E-state index in [0.717, 1.165) is 6.54 Å². The Kier molecular flexibility index (Phi) is 5.69. The number of nitrogens with zero attached hydrogens (tertiary/aromatic N) is 2. The van der Waals surface area contributed by atoms with E-state index in [4.69, 9.17) is 11.6 Å². The van der Waals surface area contributed by atoms with Crippen LogP contribution in [0.25, 0.3) is 0 Å². The van der Waals surface area contributed by atoms with Crippen molar-refractivity contribution in [3.8, 4) is 0 Å². The van der Waals surface area contributed by atoms with Gasteiger partial charge in [0, 0.05) is 25.2 Å². The Morgan fingerprint density at radius 1 is 1.43 bits per heavy atom. The van der Waals surface area contributed by atoms with Crippen LogP contribution in [0, 0.1) is 15.5 Å². The first-order chi connectivity index (χ1) is 9.62. The molecule has 7 heteroatoms. The third-order valence-electron chi connectivity index (χ3n) is 2.88. The summed E-state index contributed by atoms with van der Waals surface area (Å²) in [5, 5.41) is 13.7. The molecule has 1 aromatic rings. The largest absolute Gasteiger partial charge is 0.351 e. The van der Waals surface area contributed by atoms with Gasteiger partial charge < -0.3 is 10.2 Å². The van der Waals surface area contributed by atoms with E-state index in [-0.39, 0.29) is 21.7 Å². The summed E-state index contributed by atoms with van der Waals surface area (Å²) >= 11 is 5.94. The number of non-ortho nitro benzene ring substituents is 1. The van der Waals surface area contributed by atoms with Crippen LogP contribution in [0.1, 0.15) is 24.2 Å². The van der Waals surface area contributed by atoms with Crippen molar-refractivity contribution in [3.05, 3.63) is 38.9 Å². The Labute approximate surface area is 129 Å². The van der Waals surface area contributed by atoms with Gasteiger partial charge in [0.05, 0.1) is 15.5 Å². The summed E-state index contributed by atoms with van der Waals surface area (Å²) < 4.78 is 0. The van der Waals surface area contributed by atoms with Crippen molar-refractivity contribution in [3.63, 3.8) is 0 Å². The van der Waals surface area contributed by atoms with E-state index >= 15 is 0 Å². The Morgan fingerprint density at radius 2 is 2.05 bits per heavy atom. The molecule has 116 valence electrons. The first-order valence-electron chi connectivity index (χ1n) is 6.49. The van der Waals surface area contributed by atoms with E-state index in [1.807, 2.05) is 32.8 Å². The Morgan fingerprint density at radius 3 is 2.57 bits per heavy atom. The topological polar surface area (TPSA) is 75.5 Å². The molecule has 0 radical (unpaired) electrons.